The maximum Gasteiger partial charge on any atom is 0.228 e. The molecule has 0 heterocycles. The first-order valence-corrected chi connectivity index (χ1v) is 6.71. The predicted octanol–water partition coefficient (Wildman–Crippen LogP) is 4.42. The third kappa shape index (κ3) is 4.04. The average Bonchev–Trinajstić information content (AvgIpc) is 2.37. The van der Waals surface area contributed by atoms with E-state index in [1.54, 1.807) is 36.4 Å². The summed E-state index contributed by atoms with van der Waals surface area (Å²) in [6.07, 6.45) is 0.217. The number of nitrogens with one attached hydrogen (secondary N) is 1. The Kier molecular flexibility index (Phi) is 4.56. The molecule has 0 saturated carbocycles. The number of amides is 1. The Morgan fingerprint density at radius 3 is 2.53 bits per heavy atom. The molecule has 1 amide bonds. The third-order valence-electron chi connectivity index (χ3n) is 2.48. The largest absolute Gasteiger partial charge is 0.326 e. The van der Waals surface area contributed by atoms with E-state index in [2.05, 4.69) is 21.2 Å². The van der Waals surface area contributed by atoms with Crippen molar-refractivity contribution in [3.63, 3.8) is 0 Å². The lowest BCUT2D eigenvalue weighted by Crippen LogP contribution is -2.14. The second-order valence-electron chi connectivity index (χ2n) is 3.98. The third-order valence-corrected chi connectivity index (χ3v) is 3.38. The van der Waals surface area contributed by atoms with Gasteiger partial charge in [0.1, 0.15) is 5.82 Å². The standard InChI is InChI=1S/C14H10BrClFNO/c15-12-6-5-11(8-13(12)17)18-14(19)7-9-1-3-10(16)4-2-9/h1-6,8H,7H2,(H,18,19). The van der Waals surface area contributed by atoms with Crippen LogP contribution in [0.3, 0.4) is 0 Å². The Morgan fingerprint density at radius 1 is 1.21 bits per heavy atom. The maximum atomic E-state index is 13.3. The molecule has 0 aliphatic heterocycles. The first-order valence-electron chi connectivity index (χ1n) is 5.54. The SMILES string of the molecule is O=C(Cc1ccc(Cl)cc1)Nc1ccc(Br)c(F)c1. The minimum atomic E-state index is -0.413. The molecule has 0 fully saturated rings. The van der Waals surface area contributed by atoms with E-state index in [1.807, 2.05) is 0 Å². The number of hydrogen-bond donors (Lipinski definition) is 1. The van der Waals surface area contributed by atoms with Crippen molar-refractivity contribution in [2.24, 2.45) is 0 Å². The molecule has 0 radical (unpaired) electrons. The van der Waals surface area contributed by atoms with Gasteiger partial charge in [-0.15, -0.1) is 0 Å². The van der Waals surface area contributed by atoms with Gasteiger partial charge in [-0.05, 0) is 51.8 Å². The molecule has 2 aromatic rings. The Hall–Kier alpha value is -1.39. The molecule has 1 N–H and O–H groups in total. The van der Waals surface area contributed by atoms with Crippen LogP contribution in [0.15, 0.2) is 46.9 Å². The molecule has 2 aromatic carbocycles. The van der Waals surface area contributed by atoms with Gasteiger partial charge in [0, 0.05) is 10.7 Å². The Morgan fingerprint density at radius 2 is 1.89 bits per heavy atom. The number of anilines is 1. The molecule has 98 valence electrons. The molecule has 0 saturated heterocycles. The van der Waals surface area contributed by atoms with Crippen molar-refractivity contribution in [3.8, 4) is 0 Å². The van der Waals surface area contributed by atoms with E-state index >= 15 is 0 Å². The average molecular weight is 343 g/mol. The molecule has 0 atom stereocenters. The van der Waals surface area contributed by atoms with E-state index in [0.717, 1.165) is 5.56 Å². The summed E-state index contributed by atoms with van der Waals surface area (Å²) in [5.74, 6) is -0.617. The van der Waals surface area contributed by atoms with Crippen molar-refractivity contribution in [3.05, 3.63) is 63.3 Å². The number of carbonyl (C=O) groups is 1. The van der Waals surface area contributed by atoms with E-state index in [4.69, 9.17) is 11.6 Å². The van der Waals surface area contributed by atoms with Crippen LogP contribution < -0.4 is 5.32 Å². The van der Waals surface area contributed by atoms with Crippen molar-refractivity contribution >= 4 is 39.1 Å². The fourth-order valence-corrected chi connectivity index (χ4v) is 1.94. The van der Waals surface area contributed by atoms with E-state index in [0.29, 0.717) is 15.2 Å². The van der Waals surface area contributed by atoms with Crippen LogP contribution in [0.1, 0.15) is 5.56 Å². The van der Waals surface area contributed by atoms with Crippen LogP contribution in [0.4, 0.5) is 10.1 Å². The summed E-state index contributed by atoms with van der Waals surface area (Å²) in [5, 5.41) is 3.26. The highest BCUT2D eigenvalue weighted by molar-refractivity contribution is 9.10. The minimum absolute atomic E-state index is 0.205. The zero-order valence-electron chi connectivity index (χ0n) is 9.79. The summed E-state index contributed by atoms with van der Waals surface area (Å²) >= 11 is 8.82. The molecule has 0 bridgehead atoms. The van der Waals surface area contributed by atoms with Crippen LogP contribution in [-0.4, -0.2) is 5.91 Å². The Labute approximate surface area is 123 Å². The number of rotatable bonds is 3. The number of halogens is 3. The number of benzene rings is 2. The Bertz CT molecular complexity index is 601. The molecule has 0 aliphatic carbocycles. The molecular weight excluding hydrogens is 333 g/mol. The lowest BCUT2D eigenvalue weighted by molar-refractivity contribution is -0.115. The van der Waals surface area contributed by atoms with Gasteiger partial charge in [-0.25, -0.2) is 4.39 Å². The highest BCUT2D eigenvalue weighted by atomic mass is 79.9. The number of hydrogen-bond acceptors (Lipinski definition) is 1. The van der Waals surface area contributed by atoms with Crippen LogP contribution >= 0.6 is 27.5 Å². The minimum Gasteiger partial charge on any atom is -0.326 e. The summed E-state index contributed by atoms with van der Waals surface area (Å²) in [7, 11) is 0. The van der Waals surface area contributed by atoms with E-state index < -0.39 is 5.82 Å². The van der Waals surface area contributed by atoms with Crippen molar-refractivity contribution in [2.75, 3.05) is 5.32 Å². The van der Waals surface area contributed by atoms with Gasteiger partial charge in [0.15, 0.2) is 0 Å². The fourth-order valence-electron chi connectivity index (χ4n) is 1.57. The van der Waals surface area contributed by atoms with Gasteiger partial charge in [0.2, 0.25) is 5.91 Å². The molecule has 2 nitrogen and oxygen atoms in total. The summed E-state index contributed by atoms with van der Waals surface area (Å²) in [4.78, 5) is 11.8. The van der Waals surface area contributed by atoms with Gasteiger partial charge in [0.25, 0.3) is 0 Å². The number of carbonyl (C=O) groups excluding carboxylic acids is 1. The van der Waals surface area contributed by atoms with Gasteiger partial charge < -0.3 is 5.32 Å². The first-order chi connectivity index (χ1) is 9.04. The van der Waals surface area contributed by atoms with Crippen LogP contribution in [0.25, 0.3) is 0 Å². The van der Waals surface area contributed by atoms with Crippen LogP contribution in [0, 0.1) is 5.82 Å². The van der Waals surface area contributed by atoms with Crippen LogP contribution in [0.2, 0.25) is 5.02 Å². The van der Waals surface area contributed by atoms with E-state index in [1.165, 1.54) is 6.07 Å². The predicted molar refractivity (Wildman–Crippen MR) is 77.9 cm³/mol. The van der Waals surface area contributed by atoms with Crippen LogP contribution in [0.5, 0.6) is 0 Å². The van der Waals surface area contributed by atoms with Gasteiger partial charge in [0.05, 0.1) is 10.9 Å². The molecule has 0 spiro atoms. The molecule has 0 unspecified atom stereocenters. The lowest BCUT2D eigenvalue weighted by atomic mass is 10.1. The topological polar surface area (TPSA) is 29.1 Å². The molecule has 2 rings (SSSR count). The van der Waals surface area contributed by atoms with Gasteiger partial charge in [-0.1, -0.05) is 23.7 Å². The Balaban J connectivity index is 2.01. The molecule has 19 heavy (non-hydrogen) atoms. The van der Waals surface area contributed by atoms with Crippen molar-refractivity contribution in [2.45, 2.75) is 6.42 Å². The lowest BCUT2D eigenvalue weighted by Gasteiger charge is -2.06. The second-order valence-corrected chi connectivity index (χ2v) is 5.27. The maximum absolute atomic E-state index is 13.3. The summed E-state index contributed by atoms with van der Waals surface area (Å²) < 4.78 is 13.7. The molecule has 0 aromatic heterocycles. The highest BCUT2D eigenvalue weighted by Crippen LogP contribution is 2.19. The summed E-state index contributed by atoms with van der Waals surface area (Å²) in [5.41, 5.74) is 1.28. The first kappa shape index (κ1) is 14.0. The summed E-state index contributed by atoms with van der Waals surface area (Å²) in [6.45, 7) is 0. The van der Waals surface area contributed by atoms with E-state index in [-0.39, 0.29) is 12.3 Å². The second kappa shape index (κ2) is 6.17. The zero-order valence-corrected chi connectivity index (χ0v) is 12.1. The molecular formula is C14H10BrClFNO. The monoisotopic (exact) mass is 341 g/mol. The molecule has 0 aliphatic rings. The van der Waals surface area contributed by atoms with Gasteiger partial charge in [-0.3, -0.25) is 4.79 Å². The van der Waals surface area contributed by atoms with Crippen molar-refractivity contribution in [1.82, 2.24) is 0 Å². The highest BCUT2D eigenvalue weighted by Gasteiger charge is 2.06. The normalized spacial score (nSPS) is 10.3. The zero-order chi connectivity index (χ0) is 13.8. The molecule has 5 heteroatoms. The smallest absolute Gasteiger partial charge is 0.228 e. The van der Waals surface area contributed by atoms with Crippen molar-refractivity contribution in [1.29, 1.82) is 0 Å². The van der Waals surface area contributed by atoms with Gasteiger partial charge >= 0.3 is 0 Å². The summed E-state index contributed by atoms with van der Waals surface area (Å²) in [6, 6.07) is 11.5. The van der Waals surface area contributed by atoms with Gasteiger partial charge in [-0.2, -0.15) is 0 Å². The van der Waals surface area contributed by atoms with E-state index in [9.17, 15) is 9.18 Å². The fraction of sp³-hybridized carbons (Fsp3) is 0.0714. The van der Waals surface area contributed by atoms with Crippen LogP contribution in [-0.2, 0) is 11.2 Å². The quantitative estimate of drug-likeness (QED) is 0.879. The van der Waals surface area contributed by atoms with Crippen molar-refractivity contribution < 1.29 is 9.18 Å².